The third-order valence-corrected chi connectivity index (χ3v) is 6.76. The Bertz CT molecular complexity index is 922. The van der Waals surface area contributed by atoms with Crippen molar-refractivity contribution >= 4 is 28.0 Å². The molecule has 2 rings (SSSR count). The minimum absolute atomic E-state index is 0.256. The van der Waals surface area contributed by atoms with E-state index >= 15 is 0 Å². The van der Waals surface area contributed by atoms with Crippen molar-refractivity contribution in [1.82, 2.24) is 9.62 Å². The first-order valence-corrected chi connectivity index (χ1v) is 12.3. The van der Waals surface area contributed by atoms with Crippen molar-refractivity contribution < 1.29 is 31.9 Å². The van der Waals surface area contributed by atoms with Gasteiger partial charge in [0.05, 0.1) is 12.8 Å². The molecule has 0 saturated carbocycles. The zero-order valence-corrected chi connectivity index (χ0v) is 20.8. The second kappa shape index (κ2) is 10.7. The van der Waals surface area contributed by atoms with Crippen LogP contribution in [0.25, 0.3) is 0 Å². The van der Waals surface area contributed by atoms with Crippen LogP contribution >= 0.6 is 0 Å². The molecule has 0 radical (unpaired) electrons. The van der Waals surface area contributed by atoms with Gasteiger partial charge in [0.1, 0.15) is 17.5 Å². The summed E-state index contributed by atoms with van der Waals surface area (Å²) in [4.78, 5) is 26.1. The zero-order chi connectivity index (χ0) is 25.0. The van der Waals surface area contributed by atoms with Gasteiger partial charge >= 0.3 is 22.3 Å². The number of hydrogen-bond acceptors (Lipinski definition) is 6. The summed E-state index contributed by atoms with van der Waals surface area (Å²) < 4.78 is 54.2. The number of piperidine rings is 1. The number of anilines is 1. The molecule has 0 aliphatic carbocycles. The zero-order valence-electron chi connectivity index (χ0n) is 20.0. The topological polar surface area (TPSA) is 105 Å². The Hall–Kier alpha value is -2.40. The second-order valence-corrected chi connectivity index (χ2v) is 10.9. The predicted octanol–water partition coefficient (Wildman–Crippen LogP) is 3.06. The normalized spacial score (nSPS) is 16.4. The Kier molecular flexibility index (Phi) is 8.69. The summed E-state index contributed by atoms with van der Waals surface area (Å²) in [7, 11) is -3.04. The second-order valence-electron chi connectivity index (χ2n) is 9.34. The number of nitrogens with zero attached hydrogens (tertiary/aromatic N) is 2. The Morgan fingerprint density at radius 1 is 1.15 bits per heavy atom. The molecule has 1 aromatic rings. The molecular weight excluding hydrogens is 453 g/mol. The first-order valence-electron chi connectivity index (χ1n) is 10.9. The van der Waals surface area contributed by atoms with Gasteiger partial charge in [-0.15, -0.1) is 0 Å². The van der Waals surface area contributed by atoms with Gasteiger partial charge in [0.2, 0.25) is 0 Å². The molecule has 1 aromatic carbocycles. The van der Waals surface area contributed by atoms with Crippen LogP contribution in [0, 0.1) is 11.7 Å². The molecule has 1 saturated heterocycles. The average Bonchev–Trinajstić information content (AvgIpc) is 2.72. The smallest absolute Gasteiger partial charge is 0.410 e. The quantitative estimate of drug-likeness (QED) is 0.593. The first kappa shape index (κ1) is 26.8. The minimum atomic E-state index is -4.23. The van der Waals surface area contributed by atoms with Crippen LogP contribution in [-0.2, 0) is 24.5 Å². The van der Waals surface area contributed by atoms with Crippen molar-refractivity contribution in [3.05, 3.63) is 30.1 Å². The fourth-order valence-electron chi connectivity index (χ4n) is 3.54. The van der Waals surface area contributed by atoms with Gasteiger partial charge < -0.3 is 14.4 Å². The van der Waals surface area contributed by atoms with E-state index in [1.54, 1.807) is 34.6 Å². The standard InChI is InChI=1S/C22H34FN3O6S/c1-15(2)19(20(27)31-6)24-33(29,30)26(17-9-7-16(23)8-10-17)18-11-13-25(14-12-18)21(28)32-22(3,4)5/h7-10,15,18-19,24H,11-14H2,1-6H3/t19-/m0/s1. The lowest BCUT2D eigenvalue weighted by Crippen LogP contribution is -2.56. The molecule has 11 heteroatoms. The van der Waals surface area contributed by atoms with Crippen LogP contribution in [0.2, 0.25) is 0 Å². The van der Waals surface area contributed by atoms with Crippen LogP contribution in [-0.4, -0.2) is 63.3 Å². The fraction of sp³-hybridized carbons (Fsp3) is 0.636. The monoisotopic (exact) mass is 487 g/mol. The number of ether oxygens (including phenoxy) is 2. The number of nitrogens with one attached hydrogen (secondary N) is 1. The van der Waals surface area contributed by atoms with E-state index in [-0.39, 0.29) is 24.7 Å². The van der Waals surface area contributed by atoms with Crippen molar-refractivity contribution in [2.75, 3.05) is 24.5 Å². The molecular formula is C22H34FN3O6S. The summed E-state index contributed by atoms with van der Waals surface area (Å²) >= 11 is 0. The maximum absolute atomic E-state index is 13.5. The van der Waals surface area contributed by atoms with Crippen LogP contribution in [0.1, 0.15) is 47.5 Å². The van der Waals surface area contributed by atoms with Gasteiger partial charge in [-0.3, -0.25) is 9.10 Å². The molecule has 1 fully saturated rings. The van der Waals surface area contributed by atoms with Crippen molar-refractivity contribution in [2.45, 2.75) is 65.1 Å². The van der Waals surface area contributed by atoms with Gasteiger partial charge in [0.15, 0.2) is 0 Å². The van der Waals surface area contributed by atoms with Crippen molar-refractivity contribution in [3.8, 4) is 0 Å². The van der Waals surface area contributed by atoms with Crippen LogP contribution in [0.3, 0.4) is 0 Å². The van der Waals surface area contributed by atoms with Crippen molar-refractivity contribution in [3.63, 3.8) is 0 Å². The molecule has 0 spiro atoms. The number of rotatable bonds is 7. The van der Waals surface area contributed by atoms with Gasteiger partial charge in [-0.25, -0.2) is 9.18 Å². The SMILES string of the molecule is COC(=O)[C@@H](NS(=O)(=O)N(c1ccc(F)cc1)C1CCN(C(=O)OC(C)(C)C)CC1)C(C)C. The van der Waals surface area contributed by atoms with E-state index in [0.717, 1.165) is 4.31 Å². The van der Waals surface area contributed by atoms with Gasteiger partial charge in [-0.05, 0) is 63.8 Å². The maximum Gasteiger partial charge on any atom is 0.410 e. The van der Waals surface area contributed by atoms with Crippen molar-refractivity contribution in [1.29, 1.82) is 0 Å². The Morgan fingerprint density at radius 3 is 2.15 bits per heavy atom. The number of halogens is 1. The lowest BCUT2D eigenvalue weighted by molar-refractivity contribution is -0.143. The van der Waals surface area contributed by atoms with Crippen LogP contribution < -0.4 is 9.03 Å². The maximum atomic E-state index is 13.5. The summed E-state index contributed by atoms with van der Waals surface area (Å²) in [6.07, 6.45) is 0.213. The largest absolute Gasteiger partial charge is 0.468 e. The lowest BCUT2D eigenvalue weighted by Gasteiger charge is -2.39. The lowest BCUT2D eigenvalue weighted by atomic mass is 10.0. The number of esters is 1. The van der Waals surface area contributed by atoms with E-state index in [4.69, 9.17) is 9.47 Å². The highest BCUT2D eigenvalue weighted by molar-refractivity contribution is 7.91. The summed E-state index contributed by atoms with van der Waals surface area (Å²) in [5.74, 6) is -1.57. The highest BCUT2D eigenvalue weighted by Gasteiger charge is 2.38. The molecule has 0 aromatic heterocycles. The number of carbonyl (C=O) groups is 2. The summed E-state index contributed by atoms with van der Waals surface area (Å²) in [5, 5.41) is 0. The molecule has 1 heterocycles. The molecule has 186 valence electrons. The number of methoxy groups -OCH3 is 1. The van der Waals surface area contributed by atoms with Crippen LogP contribution in [0.5, 0.6) is 0 Å². The number of benzene rings is 1. The van der Waals surface area contributed by atoms with Gasteiger partial charge in [-0.2, -0.15) is 13.1 Å². The third-order valence-electron chi connectivity index (χ3n) is 5.19. The molecule has 1 amide bonds. The predicted molar refractivity (Wildman–Crippen MR) is 122 cm³/mol. The Labute approximate surface area is 195 Å². The van der Waals surface area contributed by atoms with Crippen LogP contribution in [0.15, 0.2) is 24.3 Å². The molecule has 1 aliphatic heterocycles. The van der Waals surface area contributed by atoms with Gasteiger partial charge in [-0.1, -0.05) is 13.8 Å². The number of hydrogen-bond donors (Lipinski definition) is 1. The molecule has 1 aliphatic rings. The van der Waals surface area contributed by atoms with Gasteiger partial charge in [0, 0.05) is 19.1 Å². The summed E-state index contributed by atoms with van der Waals surface area (Å²) in [6.45, 7) is 9.31. The van der Waals surface area contributed by atoms with Crippen molar-refractivity contribution in [2.24, 2.45) is 5.92 Å². The number of amides is 1. The average molecular weight is 488 g/mol. The fourth-order valence-corrected chi connectivity index (χ4v) is 5.35. The highest BCUT2D eigenvalue weighted by atomic mass is 32.2. The van der Waals surface area contributed by atoms with E-state index in [0.29, 0.717) is 12.8 Å². The summed E-state index contributed by atoms with van der Waals surface area (Å²) in [6, 6.07) is 3.48. The third kappa shape index (κ3) is 7.29. The molecule has 0 unspecified atom stereocenters. The Balaban J connectivity index is 2.30. The minimum Gasteiger partial charge on any atom is -0.468 e. The molecule has 0 bridgehead atoms. The Morgan fingerprint density at radius 2 is 1.70 bits per heavy atom. The molecule has 1 atom stereocenters. The first-order chi connectivity index (χ1) is 15.2. The van der Waals surface area contributed by atoms with E-state index in [1.165, 1.54) is 36.3 Å². The summed E-state index contributed by atoms with van der Waals surface area (Å²) in [5.41, 5.74) is -0.381. The molecule has 9 nitrogen and oxygen atoms in total. The van der Waals surface area contributed by atoms with E-state index < -0.39 is 45.8 Å². The number of likely N-dealkylation sites (tertiary alicyclic amines) is 1. The van der Waals surface area contributed by atoms with E-state index in [1.807, 2.05) is 0 Å². The molecule has 33 heavy (non-hydrogen) atoms. The van der Waals surface area contributed by atoms with E-state index in [2.05, 4.69) is 4.72 Å². The van der Waals surface area contributed by atoms with Crippen LogP contribution in [0.4, 0.5) is 14.9 Å². The van der Waals surface area contributed by atoms with Gasteiger partial charge in [0.25, 0.3) is 0 Å². The van der Waals surface area contributed by atoms with E-state index in [9.17, 15) is 22.4 Å². The highest BCUT2D eigenvalue weighted by Crippen LogP contribution is 2.28. The number of carbonyl (C=O) groups excluding carboxylic acids is 2. The molecule has 1 N–H and O–H groups in total.